The van der Waals surface area contributed by atoms with E-state index in [1.54, 1.807) is 24.3 Å². The molecule has 2 heterocycles. The minimum atomic E-state index is -0.275. The number of carbonyl (C=O) groups is 1. The summed E-state index contributed by atoms with van der Waals surface area (Å²) >= 11 is 0. The smallest absolute Gasteiger partial charge is 0.276 e. The monoisotopic (exact) mass is 322 g/mol. The molecule has 0 saturated carbocycles. The maximum atomic E-state index is 12.1. The van der Waals surface area contributed by atoms with E-state index in [-0.39, 0.29) is 24.1 Å². The molecule has 0 spiro atoms. The predicted octanol–water partition coefficient (Wildman–Crippen LogP) is 2.19. The summed E-state index contributed by atoms with van der Waals surface area (Å²) in [5.41, 5.74) is 0.929. The van der Waals surface area contributed by atoms with Crippen LogP contribution in [0.5, 0.6) is 5.75 Å². The lowest BCUT2D eigenvalue weighted by Crippen LogP contribution is -2.32. The zero-order valence-corrected chi connectivity index (χ0v) is 12.8. The largest absolute Gasteiger partial charge is 0.508 e. The molecule has 1 atom stereocenters. The Morgan fingerprint density at radius 2 is 2.27 bits per heavy atom. The van der Waals surface area contributed by atoms with Gasteiger partial charge in [-0.15, -0.1) is 12.4 Å². The molecule has 22 heavy (non-hydrogen) atoms. The summed E-state index contributed by atoms with van der Waals surface area (Å²) in [5.74, 6) is -0.158. The van der Waals surface area contributed by atoms with E-state index in [0.29, 0.717) is 17.4 Å². The molecular weight excluding hydrogens is 304 g/mol. The van der Waals surface area contributed by atoms with E-state index < -0.39 is 0 Å². The van der Waals surface area contributed by atoms with Gasteiger partial charge in [0.1, 0.15) is 5.75 Å². The zero-order valence-electron chi connectivity index (χ0n) is 12.0. The number of hydrogen-bond acceptors (Lipinski definition) is 4. The van der Waals surface area contributed by atoms with E-state index in [0.717, 1.165) is 25.9 Å². The van der Waals surface area contributed by atoms with E-state index in [1.165, 1.54) is 6.07 Å². The van der Waals surface area contributed by atoms with E-state index in [1.807, 2.05) is 10.9 Å². The molecule has 7 heteroatoms. The number of aromatic nitrogens is 2. The Labute approximate surface area is 134 Å². The van der Waals surface area contributed by atoms with Gasteiger partial charge in [0.2, 0.25) is 0 Å². The third-order valence-electron chi connectivity index (χ3n) is 3.59. The summed E-state index contributed by atoms with van der Waals surface area (Å²) in [6.45, 7) is 1.93. The number of anilines is 1. The zero-order chi connectivity index (χ0) is 14.7. The number of halogens is 1. The molecule has 1 aliphatic rings. The third-order valence-corrected chi connectivity index (χ3v) is 3.59. The Bertz CT molecular complexity index is 638. The van der Waals surface area contributed by atoms with Gasteiger partial charge in [0.05, 0.1) is 6.04 Å². The van der Waals surface area contributed by atoms with Gasteiger partial charge in [0, 0.05) is 24.5 Å². The number of carbonyl (C=O) groups excluding carboxylic acids is 1. The molecular formula is C15H19ClN4O2. The van der Waals surface area contributed by atoms with Crippen LogP contribution in [-0.4, -0.2) is 33.9 Å². The Morgan fingerprint density at radius 3 is 3.00 bits per heavy atom. The number of nitrogens with one attached hydrogen (secondary N) is 2. The van der Waals surface area contributed by atoms with E-state index in [2.05, 4.69) is 15.7 Å². The molecule has 6 nitrogen and oxygen atoms in total. The molecule has 1 fully saturated rings. The fourth-order valence-corrected chi connectivity index (χ4v) is 2.50. The van der Waals surface area contributed by atoms with Crippen molar-refractivity contribution >= 4 is 24.0 Å². The molecule has 1 saturated heterocycles. The number of amides is 1. The molecule has 2 aromatic rings. The van der Waals surface area contributed by atoms with Gasteiger partial charge in [-0.2, -0.15) is 5.10 Å². The van der Waals surface area contributed by atoms with Crippen molar-refractivity contribution in [1.29, 1.82) is 0 Å². The fraction of sp³-hybridized carbons (Fsp3) is 0.333. The minimum Gasteiger partial charge on any atom is -0.508 e. The average molecular weight is 323 g/mol. The van der Waals surface area contributed by atoms with Crippen molar-refractivity contribution in [2.75, 3.05) is 18.4 Å². The second-order valence-electron chi connectivity index (χ2n) is 5.19. The highest BCUT2D eigenvalue weighted by Crippen LogP contribution is 2.18. The van der Waals surface area contributed by atoms with Crippen LogP contribution in [0.1, 0.15) is 29.4 Å². The van der Waals surface area contributed by atoms with Crippen molar-refractivity contribution in [3.05, 3.63) is 42.2 Å². The maximum Gasteiger partial charge on any atom is 0.276 e. The van der Waals surface area contributed by atoms with E-state index >= 15 is 0 Å². The highest BCUT2D eigenvalue weighted by molar-refractivity contribution is 6.02. The van der Waals surface area contributed by atoms with Gasteiger partial charge < -0.3 is 15.7 Å². The SMILES string of the molecule is Cl.O=C(Nc1cccc(O)c1)c1ccn(C2CCCNC2)n1. The lowest BCUT2D eigenvalue weighted by Gasteiger charge is -2.22. The van der Waals surface area contributed by atoms with E-state index in [9.17, 15) is 9.90 Å². The average Bonchev–Trinajstić information content (AvgIpc) is 2.98. The molecule has 0 aliphatic carbocycles. The Hall–Kier alpha value is -2.05. The molecule has 1 unspecified atom stereocenters. The second-order valence-corrected chi connectivity index (χ2v) is 5.19. The number of piperidine rings is 1. The van der Waals surface area contributed by atoms with Crippen LogP contribution in [0.3, 0.4) is 0 Å². The van der Waals surface area contributed by atoms with Crippen LogP contribution in [-0.2, 0) is 0 Å². The Kier molecular flexibility index (Phi) is 5.41. The lowest BCUT2D eigenvalue weighted by atomic mass is 10.1. The maximum absolute atomic E-state index is 12.1. The number of phenolic OH excluding ortho intramolecular Hbond substituents is 1. The molecule has 1 aliphatic heterocycles. The summed E-state index contributed by atoms with van der Waals surface area (Å²) in [4.78, 5) is 12.1. The molecule has 0 radical (unpaired) electrons. The number of aromatic hydroxyl groups is 1. The van der Waals surface area contributed by atoms with Crippen LogP contribution in [0, 0.1) is 0 Å². The Morgan fingerprint density at radius 1 is 1.41 bits per heavy atom. The van der Waals surface area contributed by atoms with Gasteiger partial charge in [-0.3, -0.25) is 9.48 Å². The summed E-state index contributed by atoms with van der Waals surface area (Å²) in [6.07, 6.45) is 4.03. The first-order valence-electron chi connectivity index (χ1n) is 7.08. The van der Waals surface area contributed by atoms with Gasteiger partial charge in [-0.05, 0) is 37.6 Å². The van der Waals surface area contributed by atoms with Crippen LogP contribution >= 0.6 is 12.4 Å². The predicted molar refractivity (Wildman–Crippen MR) is 86.7 cm³/mol. The van der Waals surface area contributed by atoms with Gasteiger partial charge in [-0.25, -0.2) is 0 Å². The van der Waals surface area contributed by atoms with Gasteiger partial charge in [0.15, 0.2) is 5.69 Å². The molecule has 1 aromatic carbocycles. The number of rotatable bonds is 3. The van der Waals surface area contributed by atoms with Crippen LogP contribution in [0.2, 0.25) is 0 Å². The van der Waals surface area contributed by atoms with Crippen molar-refractivity contribution in [2.45, 2.75) is 18.9 Å². The normalized spacial score (nSPS) is 17.5. The first-order chi connectivity index (χ1) is 10.2. The second kappa shape index (κ2) is 7.29. The number of phenols is 1. The van der Waals surface area contributed by atoms with Gasteiger partial charge in [0.25, 0.3) is 5.91 Å². The van der Waals surface area contributed by atoms with Gasteiger partial charge >= 0.3 is 0 Å². The van der Waals surface area contributed by atoms with Crippen LogP contribution in [0.4, 0.5) is 5.69 Å². The van der Waals surface area contributed by atoms with Crippen molar-refractivity contribution in [3.63, 3.8) is 0 Å². The van der Waals surface area contributed by atoms with Crippen LogP contribution < -0.4 is 10.6 Å². The minimum absolute atomic E-state index is 0. The fourth-order valence-electron chi connectivity index (χ4n) is 2.50. The molecule has 1 amide bonds. The molecule has 3 rings (SSSR count). The quantitative estimate of drug-likeness (QED) is 0.809. The molecule has 3 N–H and O–H groups in total. The van der Waals surface area contributed by atoms with Crippen LogP contribution in [0.25, 0.3) is 0 Å². The van der Waals surface area contributed by atoms with Crippen molar-refractivity contribution in [3.8, 4) is 5.75 Å². The molecule has 1 aromatic heterocycles. The van der Waals surface area contributed by atoms with Crippen molar-refractivity contribution in [1.82, 2.24) is 15.1 Å². The molecule has 0 bridgehead atoms. The number of benzene rings is 1. The third kappa shape index (κ3) is 3.78. The van der Waals surface area contributed by atoms with E-state index in [4.69, 9.17) is 0 Å². The number of hydrogen-bond donors (Lipinski definition) is 3. The van der Waals surface area contributed by atoms with Crippen LogP contribution in [0.15, 0.2) is 36.5 Å². The summed E-state index contributed by atoms with van der Waals surface area (Å²) in [5, 5.41) is 19.8. The summed E-state index contributed by atoms with van der Waals surface area (Å²) in [7, 11) is 0. The first-order valence-corrected chi connectivity index (χ1v) is 7.08. The highest BCUT2D eigenvalue weighted by atomic mass is 35.5. The topological polar surface area (TPSA) is 79.2 Å². The number of nitrogens with zero attached hydrogens (tertiary/aromatic N) is 2. The first kappa shape index (κ1) is 16.3. The van der Waals surface area contributed by atoms with Crippen molar-refractivity contribution < 1.29 is 9.90 Å². The standard InChI is InChI=1S/C15H18N4O2.ClH/c20-13-5-1-3-11(9-13)17-15(21)14-6-8-19(18-14)12-4-2-7-16-10-12;/h1,3,5-6,8-9,12,16,20H,2,4,7,10H2,(H,17,21);1H. The van der Waals surface area contributed by atoms with Crippen molar-refractivity contribution in [2.24, 2.45) is 0 Å². The van der Waals surface area contributed by atoms with Gasteiger partial charge in [-0.1, -0.05) is 6.07 Å². The highest BCUT2D eigenvalue weighted by Gasteiger charge is 2.17. The summed E-state index contributed by atoms with van der Waals surface area (Å²) in [6, 6.07) is 8.48. The molecule has 118 valence electrons. The summed E-state index contributed by atoms with van der Waals surface area (Å²) < 4.78 is 1.85. The lowest BCUT2D eigenvalue weighted by molar-refractivity contribution is 0.102. The Balaban J connectivity index is 0.00000176.